The Bertz CT molecular complexity index is 4740. The molecule has 6 rings (SSSR count). The Morgan fingerprint density at radius 1 is 0.551 bits per heavy atom. The number of rotatable bonds is 44. The molecule has 0 saturated carbocycles. The average molecular weight is 1810 g/mol. The minimum atomic E-state index is -2.01. The molecule has 0 radical (unpaired) electrons. The largest absolute Gasteiger partial charge is 0.492 e. The quantitative estimate of drug-likeness (QED) is 0.0159. The van der Waals surface area contributed by atoms with Gasteiger partial charge in [-0.15, -0.1) is 0 Å². The van der Waals surface area contributed by atoms with E-state index in [9.17, 15) is 53.1 Å². The van der Waals surface area contributed by atoms with Crippen molar-refractivity contribution < 1.29 is 91.4 Å². The first-order chi connectivity index (χ1) is 59.9. The average Bonchev–Trinajstić information content (AvgIpc) is 1.56. The second-order valence-corrected chi connectivity index (χ2v) is 36.3. The van der Waals surface area contributed by atoms with Gasteiger partial charge >= 0.3 is 0 Å². The summed E-state index contributed by atoms with van der Waals surface area (Å²) < 4.78 is 2.58. The molecule has 1 saturated heterocycles. The number of amides is 17. The lowest BCUT2D eigenvalue weighted by Crippen LogP contribution is -2.65. The summed E-state index contributed by atoms with van der Waals surface area (Å²) in [5.41, 5.74) is 34.6. The highest BCUT2D eigenvalue weighted by molar-refractivity contribution is 8.77. The van der Waals surface area contributed by atoms with E-state index < -0.39 is 202 Å². The van der Waals surface area contributed by atoms with Crippen molar-refractivity contribution in [1.29, 1.82) is 0 Å². The van der Waals surface area contributed by atoms with Crippen molar-refractivity contribution in [1.82, 2.24) is 74.1 Å². The third kappa shape index (κ3) is 33.4. The van der Waals surface area contributed by atoms with Crippen LogP contribution in [0.25, 0.3) is 21.7 Å². The molecule has 127 heavy (non-hydrogen) atoms. The van der Waals surface area contributed by atoms with E-state index in [1.54, 1.807) is 80.7 Å². The van der Waals surface area contributed by atoms with E-state index in [4.69, 9.17) is 39.1 Å². The second kappa shape index (κ2) is 49.8. The summed E-state index contributed by atoms with van der Waals surface area (Å²) in [6.45, 7) is 13.2. The summed E-state index contributed by atoms with van der Waals surface area (Å²) in [7, 11) is 1.83. The van der Waals surface area contributed by atoms with Crippen LogP contribution in [-0.2, 0) is 101 Å². The maximum Gasteiger partial charge on any atom is 0.246 e. The van der Waals surface area contributed by atoms with Crippen LogP contribution in [0.4, 0.5) is 0 Å². The zero-order valence-electron chi connectivity index (χ0n) is 73.1. The lowest BCUT2D eigenvalue weighted by molar-refractivity contribution is -0.138. The first kappa shape index (κ1) is 104. The highest BCUT2D eigenvalue weighted by Gasteiger charge is 2.47. The van der Waals surface area contributed by atoms with Gasteiger partial charge in [-0.2, -0.15) is 0 Å². The molecule has 0 aliphatic carbocycles. The lowest BCUT2D eigenvalue weighted by Gasteiger charge is -2.39. The van der Waals surface area contributed by atoms with Crippen molar-refractivity contribution in [3.63, 3.8) is 0 Å². The van der Waals surface area contributed by atoms with E-state index in [0.717, 1.165) is 44.8 Å². The number of fused-ring (bicyclic) bond motifs is 2. The molecule has 694 valence electrons. The Balaban J connectivity index is 1.53. The van der Waals surface area contributed by atoms with E-state index in [1.807, 2.05) is 31.2 Å². The van der Waals surface area contributed by atoms with Gasteiger partial charge in [0.15, 0.2) is 0 Å². The van der Waals surface area contributed by atoms with Gasteiger partial charge in [0.25, 0.3) is 0 Å². The third-order valence-electron chi connectivity index (χ3n) is 21.2. The summed E-state index contributed by atoms with van der Waals surface area (Å²) >= 11 is 0. The monoisotopic (exact) mass is 1800 g/mol. The molecule has 4 aromatic carbocycles. The Labute approximate surface area is 744 Å². The predicted octanol–water partition coefficient (Wildman–Crippen LogP) is -1.32. The Morgan fingerprint density at radius 2 is 1.16 bits per heavy atom. The SMILES string of the molecule is CC(=O)NCCCC[C@H](NC(=O)[C@](C)(CCCCN)NC(=O)[C@H](Cc1ccc2ccccc2c1)NC(=O)[C@H](Cc1ccc(OCCN)cc1)NC(=O)[C@H]1NC(=O)[C@H](CCC(N)=O)NC(=O)[C@H](Cc2c[nH]c3c(C)cccc23)NC(=O)[C@H]([C@@H](C)O)NC(=O)[C@H](CCCCC(N)=O)NC(=O)[C@@H](NC(C)=O)C(C)(C)SSC1(C)C)C(=O)N[C@@H](CC(N)=O)C(=O)NCCC(N)=O. The predicted molar refractivity (Wildman–Crippen MR) is 478 cm³/mol. The van der Waals surface area contributed by atoms with Crippen molar-refractivity contribution in [3.8, 4) is 5.75 Å². The molecule has 0 spiro atoms. The Kier molecular flexibility index (Phi) is 40.7. The molecule has 39 nitrogen and oxygen atoms in total. The van der Waals surface area contributed by atoms with Gasteiger partial charge in [0.2, 0.25) is 100 Å². The number of aliphatic hydroxyl groups excluding tert-OH is 1. The second-order valence-electron chi connectivity index (χ2n) is 32.9. The molecule has 0 unspecified atom stereocenters. The van der Waals surface area contributed by atoms with Gasteiger partial charge in [0.05, 0.1) is 12.5 Å². The lowest BCUT2D eigenvalue weighted by atomic mass is 9.91. The van der Waals surface area contributed by atoms with Gasteiger partial charge in [-0.3, -0.25) is 81.5 Å². The zero-order valence-corrected chi connectivity index (χ0v) is 74.8. The highest BCUT2D eigenvalue weighted by atomic mass is 33.1. The Morgan fingerprint density at radius 3 is 1.80 bits per heavy atom. The number of H-pyrrole nitrogens is 1. The number of benzene rings is 4. The van der Waals surface area contributed by atoms with Crippen LogP contribution in [0.5, 0.6) is 5.75 Å². The third-order valence-corrected chi connectivity index (χ3v) is 25.4. The summed E-state index contributed by atoms with van der Waals surface area (Å²) in [4.78, 5) is 244. The van der Waals surface area contributed by atoms with Gasteiger partial charge in [-0.1, -0.05) is 101 Å². The van der Waals surface area contributed by atoms with Crippen LogP contribution < -0.4 is 108 Å². The number of para-hydroxylation sites is 1. The molecular weight excluding hydrogens is 1680 g/mol. The number of hydrogen-bond donors (Lipinski definition) is 21. The van der Waals surface area contributed by atoms with Crippen LogP contribution in [-0.4, -0.2) is 225 Å². The number of carbonyl (C=O) groups is 17. The van der Waals surface area contributed by atoms with Crippen molar-refractivity contribution >= 4 is 144 Å². The molecule has 2 heterocycles. The number of ether oxygens (including phenoxy) is 1. The minimum Gasteiger partial charge on any atom is -0.492 e. The summed E-state index contributed by atoms with van der Waals surface area (Å²) in [5, 5.41) is 48.2. The molecule has 5 aromatic rings. The normalized spacial score (nSPS) is 19.2. The standard InChI is InChI=1S/C86H124N20O19S2/c1-47-19-18-22-57-55(46-95-69(47)57)44-63-78(119)97-60(32-33-66(90)111)76(117)105-72(85(7,8)127-126-84(5,6)71(96-50(4)109)81(122)98-58(23-12-13-25-65(89)110)75(116)104-70(48(2)107)80(121)101-63)82(123)102-61(42-51-27-30-56(31-28-51)125-40-37-88)77(118)99-62(43-52-26-29-53-20-10-11-21-54(53)41-52)79(120)106-86(9,35-15-16-36-87)83(124)103-59(24-14-17-38-93-49(3)108)74(115)100-64(45-68(92)113)73(114)94-39-34-67(91)112/h10-11,18-22,26-31,41,46,48,58-64,70-72,95,107H,12-17,23-25,32-40,42-45,87-88H2,1-9H3,(H2,89,110)(H2,90,111)(H2,91,112)(H2,92,113)(H,93,108)(H,94,114)(H,96,109)(H,97,119)(H,98,122)(H,99,118)(H,100,115)(H,101,121)(H,102,123)(H,103,124)(H,104,116)(H,105,117)(H,106,120)/t48-,58+,59+,60+,61+,62+,63+,64+,70+,71-,72-,86+/m1/s1. The van der Waals surface area contributed by atoms with Gasteiger partial charge in [0, 0.05) is 98.6 Å². The van der Waals surface area contributed by atoms with Crippen LogP contribution in [0, 0.1) is 6.92 Å². The zero-order chi connectivity index (χ0) is 94.0. The van der Waals surface area contributed by atoms with E-state index in [2.05, 4.69) is 74.1 Å². The van der Waals surface area contributed by atoms with Gasteiger partial charge in [0.1, 0.15) is 78.3 Å². The number of aromatic nitrogens is 1. The summed E-state index contributed by atoms with van der Waals surface area (Å²) in [6.07, 6.45) is -2.80. The topological polar surface area (TPSA) is 648 Å². The molecule has 1 aromatic heterocycles. The maximum absolute atomic E-state index is 16.3. The van der Waals surface area contributed by atoms with Crippen LogP contribution in [0.3, 0.4) is 0 Å². The van der Waals surface area contributed by atoms with Crippen molar-refractivity contribution in [2.45, 2.75) is 253 Å². The molecule has 27 N–H and O–H groups in total. The van der Waals surface area contributed by atoms with Crippen molar-refractivity contribution in [2.75, 3.05) is 32.8 Å². The van der Waals surface area contributed by atoms with Crippen LogP contribution >= 0.6 is 21.6 Å². The number of nitrogens with one attached hydrogen (secondary N) is 14. The van der Waals surface area contributed by atoms with Gasteiger partial charge in [-0.25, -0.2) is 0 Å². The number of nitrogens with two attached hydrogens (primary N) is 6. The molecule has 1 aliphatic rings. The highest BCUT2D eigenvalue weighted by Crippen LogP contribution is 2.47. The number of aliphatic hydroxyl groups is 1. The van der Waals surface area contributed by atoms with Crippen LogP contribution in [0.2, 0.25) is 0 Å². The molecule has 41 heteroatoms. The molecule has 17 amide bonds. The number of carbonyl (C=O) groups excluding carboxylic acids is 17. The molecule has 1 aliphatic heterocycles. The Hall–Kier alpha value is -11.9. The molecular formula is C86H124N20O19S2. The number of unbranched alkanes of at least 4 members (excludes halogenated alkanes) is 3. The summed E-state index contributed by atoms with van der Waals surface area (Å²) in [6, 6.07) is 7.22. The minimum absolute atomic E-state index is 0.0885. The van der Waals surface area contributed by atoms with E-state index in [-0.39, 0.29) is 116 Å². The summed E-state index contributed by atoms with van der Waals surface area (Å²) in [5.74, 6) is -15.4. The van der Waals surface area contributed by atoms with E-state index in [0.29, 0.717) is 39.8 Å². The molecule has 1 fully saturated rings. The molecule has 12 atom stereocenters. The van der Waals surface area contributed by atoms with E-state index in [1.165, 1.54) is 34.6 Å². The number of aromatic amines is 1. The smallest absolute Gasteiger partial charge is 0.246 e. The van der Waals surface area contributed by atoms with Gasteiger partial charge in [-0.05, 0) is 158 Å². The number of hydrogen-bond acceptors (Lipinski definition) is 23. The first-order valence-corrected chi connectivity index (χ1v) is 44.3. The first-order valence-electron chi connectivity index (χ1n) is 42.1. The number of primary amides is 4. The van der Waals surface area contributed by atoms with Crippen LogP contribution in [0.15, 0.2) is 91.1 Å². The fraction of sp³-hybridized carbons (Fsp3) is 0.523. The fourth-order valence-corrected chi connectivity index (χ4v) is 16.9. The van der Waals surface area contributed by atoms with Crippen LogP contribution in [0.1, 0.15) is 168 Å². The van der Waals surface area contributed by atoms with Crippen molar-refractivity contribution in [2.24, 2.45) is 34.4 Å². The van der Waals surface area contributed by atoms with Gasteiger partial charge < -0.3 is 118 Å². The van der Waals surface area contributed by atoms with E-state index >= 15 is 33.6 Å². The maximum atomic E-state index is 16.3. The van der Waals surface area contributed by atoms with Crippen molar-refractivity contribution in [3.05, 3.63) is 113 Å². The number of aryl methyl sites for hydroxylation is 1. The fourth-order valence-electron chi connectivity index (χ4n) is 14.1. The molecule has 0 bridgehead atoms.